The van der Waals surface area contributed by atoms with Gasteiger partial charge in [0.1, 0.15) is 5.75 Å². The molecule has 1 atom stereocenters. The van der Waals surface area contributed by atoms with Gasteiger partial charge in [-0.2, -0.15) is 0 Å². The van der Waals surface area contributed by atoms with Crippen molar-refractivity contribution in [3.63, 3.8) is 0 Å². The standard InChI is InChI=1S/C26H23BrN2O2/c1-2-31-20-7-5-6-18(16-20)25-24-22(21-8-3-4-9-23(21)28-24)14-15-29(25)26(30)17-10-12-19(27)13-11-17/h3-13,16,25,28H,2,14-15H2,1H3/t25-/m0/s1. The van der Waals surface area contributed by atoms with E-state index in [-0.39, 0.29) is 11.9 Å². The fourth-order valence-corrected chi connectivity index (χ4v) is 4.77. The number of hydrogen-bond acceptors (Lipinski definition) is 2. The molecule has 1 N–H and O–H groups in total. The Morgan fingerprint density at radius 2 is 1.90 bits per heavy atom. The van der Waals surface area contributed by atoms with Crippen molar-refractivity contribution in [2.75, 3.05) is 13.2 Å². The number of hydrogen-bond donors (Lipinski definition) is 1. The first kappa shape index (κ1) is 19.9. The summed E-state index contributed by atoms with van der Waals surface area (Å²) in [6.07, 6.45) is 0.823. The quantitative estimate of drug-likeness (QED) is 0.387. The Bertz CT molecular complexity index is 1250. The zero-order valence-corrected chi connectivity index (χ0v) is 18.9. The molecule has 1 amide bonds. The van der Waals surface area contributed by atoms with Crippen LogP contribution in [0.15, 0.2) is 77.3 Å². The molecule has 0 unspecified atom stereocenters. The van der Waals surface area contributed by atoms with Crippen LogP contribution in [-0.4, -0.2) is 28.9 Å². The van der Waals surface area contributed by atoms with Crippen molar-refractivity contribution in [2.45, 2.75) is 19.4 Å². The summed E-state index contributed by atoms with van der Waals surface area (Å²) in [4.78, 5) is 19.2. The van der Waals surface area contributed by atoms with Crippen LogP contribution in [0.1, 0.15) is 40.1 Å². The molecule has 0 radical (unpaired) electrons. The number of amides is 1. The molecule has 5 rings (SSSR count). The molecule has 1 aliphatic heterocycles. The van der Waals surface area contributed by atoms with Crippen LogP contribution in [0.5, 0.6) is 5.75 Å². The van der Waals surface area contributed by atoms with Crippen LogP contribution in [-0.2, 0) is 6.42 Å². The van der Waals surface area contributed by atoms with Gasteiger partial charge in [0.2, 0.25) is 0 Å². The normalized spacial score (nSPS) is 15.7. The van der Waals surface area contributed by atoms with Gasteiger partial charge in [-0.1, -0.05) is 46.3 Å². The van der Waals surface area contributed by atoms with Crippen molar-refractivity contribution in [1.29, 1.82) is 0 Å². The Hall–Kier alpha value is -3.05. The van der Waals surface area contributed by atoms with Gasteiger partial charge < -0.3 is 14.6 Å². The number of rotatable bonds is 4. The van der Waals surface area contributed by atoms with E-state index in [1.54, 1.807) is 0 Å². The average Bonchev–Trinajstić information content (AvgIpc) is 3.17. The van der Waals surface area contributed by atoms with E-state index in [2.05, 4.69) is 51.2 Å². The first-order valence-corrected chi connectivity index (χ1v) is 11.3. The summed E-state index contributed by atoms with van der Waals surface area (Å²) in [5, 5.41) is 1.24. The lowest BCUT2D eigenvalue weighted by molar-refractivity contribution is 0.0691. The summed E-state index contributed by atoms with van der Waals surface area (Å²) in [7, 11) is 0. The largest absolute Gasteiger partial charge is 0.494 e. The van der Waals surface area contributed by atoms with Crippen LogP contribution >= 0.6 is 15.9 Å². The molecule has 31 heavy (non-hydrogen) atoms. The number of benzene rings is 3. The summed E-state index contributed by atoms with van der Waals surface area (Å²) in [6.45, 7) is 3.24. The molecule has 1 aliphatic rings. The van der Waals surface area contributed by atoms with E-state index < -0.39 is 0 Å². The molecule has 0 bridgehead atoms. The highest BCUT2D eigenvalue weighted by molar-refractivity contribution is 9.10. The molecule has 1 aromatic heterocycles. The molecular weight excluding hydrogens is 452 g/mol. The topological polar surface area (TPSA) is 45.3 Å². The van der Waals surface area contributed by atoms with Crippen LogP contribution in [0.3, 0.4) is 0 Å². The van der Waals surface area contributed by atoms with Gasteiger partial charge in [0.25, 0.3) is 5.91 Å². The molecule has 3 aromatic carbocycles. The maximum Gasteiger partial charge on any atom is 0.254 e. The van der Waals surface area contributed by atoms with Gasteiger partial charge >= 0.3 is 0 Å². The number of ether oxygens (including phenoxy) is 1. The highest BCUT2D eigenvalue weighted by atomic mass is 79.9. The lowest BCUT2D eigenvalue weighted by Crippen LogP contribution is -2.40. The molecule has 4 aromatic rings. The molecule has 0 aliphatic carbocycles. The maximum absolute atomic E-state index is 13.6. The summed E-state index contributed by atoms with van der Waals surface area (Å²) < 4.78 is 6.72. The van der Waals surface area contributed by atoms with Crippen LogP contribution < -0.4 is 4.74 Å². The second-order valence-corrected chi connectivity index (χ2v) is 8.64. The van der Waals surface area contributed by atoms with Crippen molar-refractivity contribution >= 4 is 32.7 Å². The summed E-state index contributed by atoms with van der Waals surface area (Å²) in [5.41, 5.74) is 5.22. The highest BCUT2D eigenvalue weighted by Crippen LogP contribution is 2.39. The lowest BCUT2D eigenvalue weighted by atomic mass is 9.91. The van der Waals surface area contributed by atoms with Crippen molar-refractivity contribution in [3.8, 4) is 5.75 Å². The number of nitrogens with one attached hydrogen (secondary N) is 1. The molecule has 4 nitrogen and oxygen atoms in total. The second-order valence-electron chi connectivity index (χ2n) is 7.73. The molecule has 2 heterocycles. The molecule has 156 valence electrons. The minimum Gasteiger partial charge on any atom is -0.494 e. The predicted molar refractivity (Wildman–Crippen MR) is 127 cm³/mol. The van der Waals surface area contributed by atoms with Gasteiger partial charge in [-0.05, 0) is 66.9 Å². The fourth-order valence-electron chi connectivity index (χ4n) is 4.51. The average molecular weight is 475 g/mol. The first-order chi connectivity index (χ1) is 15.2. The number of aromatic nitrogens is 1. The predicted octanol–water partition coefficient (Wildman–Crippen LogP) is 6.12. The number of para-hydroxylation sites is 1. The van der Waals surface area contributed by atoms with E-state index in [4.69, 9.17) is 4.74 Å². The number of halogens is 1. The van der Waals surface area contributed by atoms with E-state index in [0.717, 1.165) is 33.4 Å². The van der Waals surface area contributed by atoms with Gasteiger partial charge in [-0.15, -0.1) is 0 Å². The fraction of sp³-hybridized carbons (Fsp3) is 0.192. The Kier molecular flexibility index (Phi) is 5.28. The van der Waals surface area contributed by atoms with Crippen molar-refractivity contribution < 1.29 is 9.53 Å². The Labute approximate surface area is 190 Å². The SMILES string of the molecule is CCOc1cccc([C@H]2c3[nH]c4ccccc4c3CCN2C(=O)c2ccc(Br)cc2)c1. The van der Waals surface area contributed by atoms with Crippen LogP contribution in [0.25, 0.3) is 10.9 Å². The van der Waals surface area contributed by atoms with Gasteiger partial charge in [0.15, 0.2) is 0 Å². The monoisotopic (exact) mass is 474 g/mol. The number of nitrogens with zero attached hydrogens (tertiary/aromatic N) is 1. The summed E-state index contributed by atoms with van der Waals surface area (Å²) in [5.74, 6) is 0.850. The smallest absolute Gasteiger partial charge is 0.254 e. The van der Waals surface area contributed by atoms with Crippen molar-refractivity contribution in [3.05, 3.63) is 99.7 Å². The zero-order valence-electron chi connectivity index (χ0n) is 17.3. The van der Waals surface area contributed by atoms with Gasteiger partial charge in [0.05, 0.1) is 12.6 Å². The molecular formula is C26H23BrN2O2. The molecule has 0 fully saturated rings. The zero-order chi connectivity index (χ0) is 21.4. The highest BCUT2D eigenvalue weighted by Gasteiger charge is 2.35. The van der Waals surface area contributed by atoms with E-state index in [1.165, 1.54) is 10.9 Å². The molecule has 0 saturated carbocycles. The third-order valence-corrected chi connectivity index (χ3v) is 6.40. The van der Waals surface area contributed by atoms with Gasteiger partial charge in [0, 0.05) is 33.2 Å². The summed E-state index contributed by atoms with van der Waals surface area (Å²) in [6, 6.07) is 23.8. The minimum atomic E-state index is -0.201. The van der Waals surface area contributed by atoms with E-state index in [1.807, 2.05) is 54.3 Å². The maximum atomic E-state index is 13.6. The number of H-pyrrole nitrogens is 1. The number of carbonyl (C=O) groups excluding carboxylic acids is 1. The lowest BCUT2D eigenvalue weighted by Gasteiger charge is -2.36. The third kappa shape index (κ3) is 3.63. The Morgan fingerprint density at radius 3 is 2.71 bits per heavy atom. The van der Waals surface area contributed by atoms with E-state index >= 15 is 0 Å². The van der Waals surface area contributed by atoms with Gasteiger partial charge in [-0.3, -0.25) is 4.79 Å². The third-order valence-electron chi connectivity index (χ3n) is 5.87. The number of carbonyl (C=O) groups is 1. The molecule has 5 heteroatoms. The van der Waals surface area contributed by atoms with Gasteiger partial charge in [-0.25, -0.2) is 0 Å². The number of aromatic amines is 1. The first-order valence-electron chi connectivity index (χ1n) is 10.5. The van der Waals surface area contributed by atoms with Crippen LogP contribution in [0, 0.1) is 0 Å². The Balaban J connectivity index is 1.64. The molecule has 0 saturated heterocycles. The number of fused-ring (bicyclic) bond motifs is 3. The van der Waals surface area contributed by atoms with E-state index in [0.29, 0.717) is 18.7 Å². The molecule has 0 spiro atoms. The van der Waals surface area contributed by atoms with Crippen LogP contribution in [0.2, 0.25) is 0 Å². The summed E-state index contributed by atoms with van der Waals surface area (Å²) >= 11 is 3.46. The van der Waals surface area contributed by atoms with Crippen molar-refractivity contribution in [1.82, 2.24) is 9.88 Å². The Morgan fingerprint density at radius 1 is 1.10 bits per heavy atom. The minimum absolute atomic E-state index is 0.0311. The van der Waals surface area contributed by atoms with Crippen LogP contribution in [0.4, 0.5) is 0 Å². The van der Waals surface area contributed by atoms with E-state index in [9.17, 15) is 4.79 Å². The second kappa shape index (κ2) is 8.23. The van der Waals surface area contributed by atoms with Crippen molar-refractivity contribution in [2.24, 2.45) is 0 Å².